The summed E-state index contributed by atoms with van der Waals surface area (Å²) in [4.78, 5) is 12.1. The zero-order valence-corrected chi connectivity index (χ0v) is 14.5. The summed E-state index contributed by atoms with van der Waals surface area (Å²) in [6.07, 6.45) is 1.23. The van der Waals surface area contributed by atoms with E-state index in [4.69, 9.17) is 10.5 Å². The summed E-state index contributed by atoms with van der Waals surface area (Å²) in [5.41, 5.74) is 7.54. The maximum Gasteiger partial charge on any atom is 0.220 e. The van der Waals surface area contributed by atoms with E-state index in [0.717, 1.165) is 6.42 Å². The molecular formula is C18H30N2O2. The van der Waals surface area contributed by atoms with Crippen LogP contribution in [-0.2, 0) is 16.0 Å². The summed E-state index contributed by atoms with van der Waals surface area (Å²) in [6.45, 7) is 10.7. The van der Waals surface area contributed by atoms with Crippen LogP contribution in [0.1, 0.15) is 45.2 Å². The predicted molar refractivity (Wildman–Crippen MR) is 90.8 cm³/mol. The number of benzene rings is 1. The van der Waals surface area contributed by atoms with Crippen LogP contribution < -0.4 is 11.1 Å². The Kier molecular flexibility index (Phi) is 6.57. The van der Waals surface area contributed by atoms with Crippen LogP contribution in [0.15, 0.2) is 24.3 Å². The summed E-state index contributed by atoms with van der Waals surface area (Å²) in [5.74, 6) is 0.0428. The van der Waals surface area contributed by atoms with E-state index < -0.39 is 5.54 Å². The van der Waals surface area contributed by atoms with E-state index in [-0.39, 0.29) is 11.4 Å². The van der Waals surface area contributed by atoms with Gasteiger partial charge in [-0.3, -0.25) is 4.79 Å². The minimum absolute atomic E-state index is 0.0428. The van der Waals surface area contributed by atoms with Crippen molar-refractivity contribution in [2.45, 2.75) is 58.5 Å². The first-order chi connectivity index (χ1) is 10.1. The molecule has 1 amide bonds. The number of nitrogens with one attached hydrogen (secondary N) is 1. The lowest BCUT2D eigenvalue weighted by atomic mass is 10.0. The van der Waals surface area contributed by atoms with E-state index in [1.807, 2.05) is 27.7 Å². The molecule has 124 valence electrons. The van der Waals surface area contributed by atoms with E-state index in [9.17, 15) is 4.79 Å². The Bertz CT molecular complexity index is 473. The maximum absolute atomic E-state index is 12.1. The molecule has 0 bridgehead atoms. The van der Waals surface area contributed by atoms with Gasteiger partial charge in [0.05, 0.1) is 18.8 Å². The van der Waals surface area contributed by atoms with Crippen LogP contribution in [0.5, 0.6) is 0 Å². The number of ether oxygens (including phenoxy) is 1. The molecule has 1 aromatic carbocycles. The normalized spacial score (nSPS) is 12.3. The fourth-order valence-corrected chi connectivity index (χ4v) is 2.06. The summed E-state index contributed by atoms with van der Waals surface area (Å²) in [6, 6.07) is 8.28. The van der Waals surface area contributed by atoms with Gasteiger partial charge in [-0.1, -0.05) is 29.8 Å². The molecule has 0 aliphatic carbocycles. The van der Waals surface area contributed by atoms with Crippen molar-refractivity contribution in [3.63, 3.8) is 0 Å². The van der Waals surface area contributed by atoms with E-state index in [2.05, 4.69) is 36.5 Å². The number of rotatable bonds is 8. The highest BCUT2D eigenvalue weighted by Crippen LogP contribution is 2.09. The molecule has 0 aliphatic heterocycles. The first kappa shape index (κ1) is 18.7. The number of hydrogen-bond acceptors (Lipinski definition) is 3. The van der Waals surface area contributed by atoms with Gasteiger partial charge < -0.3 is 15.8 Å². The molecular weight excluding hydrogens is 276 g/mol. The molecule has 0 aromatic heterocycles. The first-order valence-electron chi connectivity index (χ1n) is 7.81. The van der Waals surface area contributed by atoms with E-state index >= 15 is 0 Å². The number of aryl methyl sites for hydroxylation is 2. The summed E-state index contributed by atoms with van der Waals surface area (Å²) in [5, 5.41) is 3.02. The van der Waals surface area contributed by atoms with Gasteiger partial charge >= 0.3 is 0 Å². The van der Waals surface area contributed by atoms with Gasteiger partial charge in [-0.25, -0.2) is 0 Å². The van der Waals surface area contributed by atoms with Crippen LogP contribution in [0.3, 0.4) is 0 Å². The number of carbonyl (C=O) groups is 1. The minimum Gasteiger partial charge on any atom is -0.377 e. The first-order valence-corrected chi connectivity index (χ1v) is 7.81. The van der Waals surface area contributed by atoms with Crippen molar-refractivity contribution < 1.29 is 9.53 Å². The molecule has 1 rings (SSSR count). The largest absolute Gasteiger partial charge is 0.377 e. The molecule has 4 heteroatoms. The van der Waals surface area contributed by atoms with Crippen molar-refractivity contribution in [1.82, 2.24) is 5.32 Å². The minimum atomic E-state index is -0.393. The number of nitrogens with two attached hydrogens (primary N) is 1. The quantitative estimate of drug-likeness (QED) is 0.776. The highest BCUT2D eigenvalue weighted by molar-refractivity contribution is 5.77. The summed E-state index contributed by atoms with van der Waals surface area (Å²) in [7, 11) is 0. The van der Waals surface area contributed by atoms with Crippen LogP contribution in [0.25, 0.3) is 0 Å². The third kappa shape index (κ3) is 8.15. The van der Waals surface area contributed by atoms with E-state index in [1.165, 1.54) is 11.1 Å². The topological polar surface area (TPSA) is 64.3 Å². The van der Waals surface area contributed by atoms with Gasteiger partial charge in [0.15, 0.2) is 0 Å². The maximum atomic E-state index is 12.1. The molecule has 0 radical (unpaired) electrons. The number of amides is 1. The molecule has 0 atom stereocenters. The summed E-state index contributed by atoms with van der Waals surface area (Å²) < 4.78 is 5.60. The SMILES string of the molecule is Cc1ccc(CCC(=O)NC(C)(C)COCC(C)(C)N)cc1. The van der Waals surface area contributed by atoms with Gasteiger partial charge in [0, 0.05) is 12.0 Å². The lowest BCUT2D eigenvalue weighted by Gasteiger charge is -2.28. The molecule has 0 heterocycles. The zero-order chi connectivity index (χ0) is 16.8. The van der Waals surface area contributed by atoms with Crippen molar-refractivity contribution in [1.29, 1.82) is 0 Å². The Morgan fingerprint density at radius 1 is 1.14 bits per heavy atom. The molecule has 1 aromatic rings. The lowest BCUT2D eigenvalue weighted by Crippen LogP contribution is -2.48. The second-order valence-electron chi connectivity index (χ2n) is 7.40. The highest BCUT2D eigenvalue weighted by atomic mass is 16.5. The third-order valence-corrected chi connectivity index (χ3v) is 3.18. The Labute approximate surface area is 134 Å². The van der Waals surface area contributed by atoms with Crippen molar-refractivity contribution in [2.24, 2.45) is 5.73 Å². The van der Waals surface area contributed by atoms with Crippen LogP contribution in [0, 0.1) is 6.92 Å². The molecule has 0 saturated heterocycles. The number of hydrogen-bond donors (Lipinski definition) is 2. The van der Waals surface area contributed by atoms with Crippen molar-refractivity contribution in [3.05, 3.63) is 35.4 Å². The van der Waals surface area contributed by atoms with Crippen molar-refractivity contribution in [3.8, 4) is 0 Å². The fraction of sp³-hybridized carbons (Fsp3) is 0.611. The van der Waals surface area contributed by atoms with Crippen molar-refractivity contribution >= 4 is 5.91 Å². The van der Waals surface area contributed by atoms with Crippen molar-refractivity contribution in [2.75, 3.05) is 13.2 Å². The summed E-state index contributed by atoms with van der Waals surface area (Å²) >= 11 is 0. The molecule has 0 unspecified atom stereocenters. The standard InChI is InChI=1S/C18H30N2O2/c1-14-6-8-15(9-7-14)10-11-16(21)20-18(4,5)13-22-12-17(2,3)19/h6-9H,10-13,19H2,1-5H3,(H,20,21). The Hall–Kier alpha value is -1.39. The number of carbonyl (C=O) groups excluding carboxylic acids is 1. The van der Waals surface area contributed by atoms with Crippen LogP contribution >= 0.6 is 0 Å². The molecule has 3 N–H and O–H groups in total. The average Bonchev–Trinajstić information content (AvgIpc) is 2.35. The van der Waals surface area contributed by atoms with Gasteiger partial charge in [0.2, 0.25) is 5.91 Å². The molecule has 0 spiro atoms. The highest BCUT2D eigenvalue weighted by Gasteiger charge is 2.22. The van der Waals surface area contributed by atoms with Crippen LogP contribution in [0.2, 0.25) is 0 Å². The Morgan fingerprint density at radius 3 is 2.27 bits per heavy atom. The zero-order valence-electron chi connectivity index (χ0n) is 14.5. The Morgan fingerprint density at radius 2 is 1.73 bits per heavy atom. The van der Waals surface area contributed by atoms with Crippen LogP contribution in [-0.4, -0.2) is 30.2 Å². The molecule has 4 nitrogen and oxygen atoms in total. The van der Waals surface area contributed by atoms with Gasteiger partial charge in [-0.15, -0.1) is 0 Å². The fourth-order valence-electron chi connectivity index (χ4n) is 2.06. The smallest absolute Gasteiger partial charge is 0.220 e. The second-order valence-corrected chi connectivity index (χ2v) is 7.40. The van der Waals surface area contributed by atoms with Gasteiger partial charge in [0.1, 0.15) is 0 Å². The Balaban J connectivity index is 2.34. The molecule has 0 fully saturated rings. The van der Waals surface area contributed by atoms with E-state index in [1.54, 1.807) is 0 Å². The molecule has 0 aliphatic rings. The second kappa shape index (κ2) is 7.75. The van der Waals surface area contributed by atoms with Gasteiger partial charge in [-0.05, 0) is 46.6 Å². The lowest BCUT2D eigenvalue weighted by molar-refractivity contribution is -0.123. The third-order valence-electron chi connectivity index (χ3n) is 3.18. The van der Waals surface area contributed by atoms with Gasteiger partial charge in [-0.2, -0.15) is 0 Å². The van der Waals surface area contributed by atoms with Gasteiger partial charge in [0.25, 0.3) is 0 Å². The van der Waals surface area contributed by atoms with Crippen LogP contribution in [0.4, 0.5) is 0 Å². The molecule has 22 heavy (non-hydrogen) atoms. The average molecular weight is 306 g/mol. The molecule has 0 saturated carbocycles. The monoisotopic (exact) mass is 306 g/mol. The predicted octanol–water partition coefficient (Wildman–Crippen LogP) is 2.58. The van der Waals surface area contributed by atoms with E-state index in [0.29, 0.717) is 19.6 Å².